The van der Waals surface area contributed by atoms with Gasteiger partial charge < -0.3 is 19.4 Å². The summed E-state index contributed by atoms with van der Waals surface area (Å²) >= 11 is 0. The van der Waals surface area contributed by atoms with Crippen LogP contribution in [0, 0.1) is 6.92 Å². The second-order valence-electron chi connectivity index (χ2n) is 5.43. The number of ether oxygens (including phenoxy) is 3. The number of benzene rings is 2. The first-order valence-corrected chi connectivity index (χ1v) is 7.75. The molecule has 0 fully saturated rings. The molecule has 0 bridgehead atoms. The monoisotopic (exact) mass is 340 g/mol. The molecule has 25 heavy (non-hydrogen) atoms. The molecule has 0 radical (unpaired) electrons. The van der Waals surface area contributed by atoms with Crippen molar-refractivity contribution in [1.29, 1.82) is 0 Å². The SMILES string of the molecule is COc1ccc(-c2nc(-c3ccccc3)c(C)n2O)c(OC)c1OC. The summed E-state index contributed by atoms with van der Waals surface area (Å²) in [5.74, 6) is 1.81. The van der Waals surface area contributed by atoms with E-state index >= 15 is 0 Å². The second kappa shape index (κ2) is 6.76. The molecular weight excluding hydrogens is 320 g/mol. The molecule has 6 nitrogen and oxygen atoms in total. The van der Waals surface area contributed by atoms with E-state index in [0.29, 0.717) is 40.0 Å². The molecule has 0 atom stereocenters. The van der Waals surface area contributed by atoms with Crippen LogP contribution >= 0.6 is 0 Å². The standard InChI is InChI=1S/C19H20N2O4/c1-12-16(13-8-6-5-7-9-13)20-19(21(12)22)14-10-11-15(23-2)18(25-4)17(14)24-3/h5-11,22H,1-4H3. The molecule has 3 rings (SSSR count). The van der Waals surface area contributed by atoms with Gasteiger partial charge in [-0.1, -0.05) is 30.3 Å². The lowest BCUT2D eigenvalue weighted by atomic mass is 10.1. The topological polar surface area (TPSA) is 65.7 Å². The highest BCUT2D eigenvalue weighted by atomic mass is 16.5. The van der Waals surface area contributed by atoms with Crippen LogP contribution in [0.15, 0.2) is 42.5 Å². The molecule has 1 heterocycles. The van der Waals surface area contributed by atoms with E-state index in [0.717, 1.165) is 10.3 Å². The summed E-state index contributed by atoms with van der Waals surface area (Å²) in [6, 6.07) is 13.2. The maximum atomic E-state index is 10.6. The van der Waals surface area contributed by atoms with Crippen LogP contribution in [0.4, 0.5) is 0 Å². The number of rotatable bonds is 5. The maximum absolute atomic E-state index is 10.6. The van der Waals surface area contributed by atoms with E-state index in [4.69, 9.17) is 14.2 Å². The summed E-state index contributed by atoms with van der Waals surface area (Å²) in [6.07, 6.45) is 0. The van der Waals surface area contributed by atoms with Crippen molar-refractivity contribution in [2.45, 2.75) is 6.92 Å². The van der Waals surface area contributed by atoms with Crippen LogP contribution < -0.4 is 14.2 Å². The highest BCUT2D eigenvalue weighted by Gasteiger charge is 2.23. The van der Waals surface area contributed by atoms with Gasteiger partial charge >= 0.3 is 0 Å². The molecule has 0 amide bonds. The summed E-state index contributed by atoms with van der Waals surface area (Å²) in [6.45, 7) is 1.81. The third-order valence-corrected chi connectivity index (χ3v) is 4.07. The first kappa shape index (κ1) is 16.7. The predicted octanol–water partition coefficient (Wildman–Crippen LogP) is 3.79. The van der Waals surface area contributed by atoms with Crippen molar-refractivity contribution in [2.24, 2.45) is 0 Å². The lowest BCUT2D eigenvalue weighted by molar-refractivity contribution is 0.184. The highest BCUT2D eigenvalue weighted by Crippen LogP contribution is 2.44. The van der Waals surface area contributed by atoms with Gasteiger partial charge in [-0.05, 0) is 19.1 Å². The lowest BCUT2D eigenvalue weighted by Crippen LogP contribution is -2.01. The number of hydrogen-bond donors (Lipinski definition) is 1. The Hall–Kier alpha value is -3.15. The van der Waals surface area contributed by atoms with E-state index in [1.165, 1.54) is 14.2 Å². The van der Waals surface area contributed by atoms with E-state index in [2.05, 4.69) is 4.98 Å². The Balaban J connectivity index is 2.21. The summed E-state index contributed by atoms with van der Waals surface area (Å²) in [5.41, 5.74) is 2.87. The summed E-state index contributed by atoms with van der Waals surface area (Å²) < 4.78 is 17.3. The average Bonchev–Trinajstić information content (AvgIpc) is 2.96. The fraction of sp³-hybridized carbons (Fsp3) is 0.211. The van der Waals surface area contributed by atoms with Gasteiger partial charge in [-0.25, -0.2) is 4.98 Å². The molecule has 0 saturated carbocycles. The smallest absolute Gasteiger partial charge is 0.204 e. The molecule has 3 aromatic rings. The molecule has 2 aromatic carbocycles. The minimum absolute atomic E-state index is 0.370. The third kappa shape index (κ3) is 2.76. The number of aromatic nitrogens is 2. The van der Waals surface area contributed by atoms with Crippen LogP contribution in [-0.4, -0.2) is 36.3 Å². The summed E-state index contributed by atoms with van der Waals surface area (Å²) in [7, 11) is 4.63. The number of methoxy groups -OCH3 is 3. The van der Waals surface area contributed by atoms with Crippen molar-refractivity contribution < 1.29 is 19.4 Å². The molecule has 0 spiro atoms. The number of imidazole rings is 1. The predicted molar refractivity (Wildman–Crippen MR) is 94.7 cm³/mol. The second-order valence-corrected chi connectivity index (χ2v) is 5.43. The van der Waals surface area contributed by atoms with Crippen molar-refractivity contribution >= 4 is 0 Å². The molecule has 130 valence electrons. The van der Waals surface area contributed by atoms with Gasteiger partial charge in [0.2, 0.25) is 5.75 Å². The molecule has 0 unspecified atom stereocenters. The normalized spacial score (nSPS) is 10.6. The van der Waals surface area contributed by atoms with E-state index in [1.807, 2.05) is 37.3 Å². The van der Waals surface area contributed by atoms with Crippen LogP contribution in [0.2, 0.25) is 0 Å². The van der Waals surface area contributed by atoms with Crippen molar-refractivity contribution in [3.05, 3.63) is 48.2 Å². The molecule has 6 heteroatoms. The lowest BCUT2D eigenvalue weighted by Gasteiger charge is -2.15. The van der Waals surface area contributed by atoms with Gasteiger partial charge in [-0.15, -0.1) is 0 Å². The zero-order valence-corrected chi connectivity index (χ0v) is 14.6. The molecule has 1 aromatic heterocycles. The van der Waals surface area contributed by atoms with Crippen molar-refractivity contribution in [2.75, 3.05) is 21.3 Å². The first-order valence-electron chi connectivity index (χ1n) is 7.75. The van der Waals surface area contributed by atoms with Gasteiger partial charge in [0.1, 0.15) is 0 Å². The molecule has 0 aliphatic rings. The average molecular weight is 340 g/mol. The van der Waals surface area contributed by atoms with E-state index in [1.54, 1.807) is 19.2 Å². The maximum Gasteiger partial charge on any atom is 0.204 e. The summed E-state index contributed by atoms with van der Waals surface area (Å²) in [5, 5.41) is 10.6. The Kier molecular flexibility index (Phi) is 4.52. The Morgan fingerprint density at radius 3 is 2.16 bits per heavy atom. The Morgan fingerprint density at radius 1 is 0.880 bits per heavy atom. The van der Waals surface area contributed by atoms with Crippen LogP contribution in [0.25, 0.3) is 22.6 Å². The van der Waals surface area contributed by atoms with Crippen LogP contribution in [0.1, 0.15) is 5.69 Å². The van der Waals surface area contributed by atoms with Gasteiger partial charge in [-0.3, -0.25) is 0 Å². The molecule has 0 saturated heterocycles. The Morgan fingerprint density at radius 2 is 1.56 bits per heavy atom. The third-order valence-electron chi connectivity index (χ3n) is 4.07. The van der Waals surface area contributed by atoms with Gasteiger partial charge in [0, 0.05) is 5.56 Å². The molecule has 0 aliphatic carbocycles. The quantitative estimate of drug-likeness (QED) is 0.716. The van der Waals surface area contributed by atoms with E-state index in [9.17, 15) is 5.21 Å². The minimum Gasteiger partial charge on any atom is -0.493 e. The van der Waals surface area contributed by atoms with Gasteiger partial charge in [0.25, 0.3) is 0 Å². The van der Waals surface area contributed by atoms with E-state index in [-0.39, 0.29) is 0 Å². The molecular formula is C19H20N2O4. The van der Waals surface area contributed by atoms with Gasteiger partial charge in [0.15, 0.2) is 17.3 Å². The van der Waals surface area contributed by atoms with E-state index < -0.39 is 0 Å². The zero-order valence-electron chi connectivity index (χ0n) is 14.6. The van der Waals surface area contributed by atoms with Crippen LogP contribution in [-0.2, 0) is 0 Å². The Labute approximate surface area is 146 Å². The van der Waals surface area contributed by atoms with Crippen molar-refractivity contribution in [3.63, 3.8) is 0 Å². The van der Waals surface area contributed by atoms with Gasteiger partial charge in [-0.2, -0.15) is 4.73 Å². The number of hydrogen-bond acceptors (Lipinski definition) is 5. The van der Waals surface area contributed by atoms with Crippen molar-refractivity contribution in [3.8, 4) is 39.9 Å². The fourth-order valence-electron chi connectivity index (χ4n) is 2.81. The fourth-order valence-corrected chi connectivity index (χ4v) is 2.81. The molecule has 0 aliphatic heterocycles. The largest absolute Gasteiger partial charge is 0.493 e. The highest BCUT2D eigenvalue weighted by molar-refractivity contribution is 5.75. The van der Waals surface area contributed by atoms with Crippen LogP contribution in [0.3, 0.4) is 0 Å². The first-order chi connectivity index (χ1) is 12.1. The molecule has 1 N–H and O–H groups in total. The number of nitrogens with zero attached hydrogens (tertiary/aromatic N) is 2. The van der Waals surface area contributed by atoms with Gasteiger partial charge in [0.05, 0.1) is 38.3 Å². The van der Waals surface area contributed by atoms with Crippen molar-refractivity contribution in [1.82, 2.24) is 9.71 Å². The Bertz CT molecular complexity index is 888. The zero-order chi connectivity index (χ0) is 18.0. The summed E-state index contributed by atoms with van der Waals surface area (Å²) in [4.78, 5) is 4.63. The van der Waals surface area contributed by atoms with Crippen LogP contribution in [0.5, 0.6) is 17.2 Å². The minimum atomic E-state index is 0.370.